The third-order valence-electron chi connectivity index (χ3n) is 3.10. The van der Waals surface area contributed by atoms with Crippen molar-refractivity contribution in [2.45, 2.75) is 26.2 Å². The van der Waals surface area contributed by atoms with Gasteiger partial charge in [-0.2, -0.15) is 0 Å². The molecular weight excluding hydrogens is 196 g/mol. The maximum atomic E-state index is 11.9. The first-order valence-electron chi connectivity index (χ1n) is 5.22. The van der Waals surface area contributed by atoms with E-state index in [0.29, 0.717) is 13.1 Å². The van der Waals surface area contributed by atoms with E-state index in [9.17, 15) is 9.59 Å². The van der Waals surface area contributed by atoms with Gasteiger partial charge in [0.05, 0.1) is 0 Å². The van der Waals surface area contributed by atoms with Crippen LogP contribution < -0.4 is 5.32 Å². The first-order chi connectivity index (χ1) is 7.11. The molecule has 2 aliphatic heterocycles. The molecule has 2 heterocycles. The molecule has 0 aromatic heterocycles. The summed E-state index contributed by atoms with van der Waals surface area (Å²) in [5.41, 5.74) is 0. The van der Waals surface area contributed by atoms with Gasteiger partial charge in [0.15, 0.2) is 0 Å². The van der Waals surface area contributed by atoms with Crippen molar-refractivity contribution < 1.29 is 9.59 Å². The van der Waals surface area contributed by atoms with E-state index in [1.807, 2.05) is 13.8 Å². The molecule has 4 amide bonds. The van der Waals surface area contributed by atoms with Gasteiger partial charge in [-0.25, -0.2) is 9.59 Å². The number of hydrogen-bond acceptors (Lipinski definition) is 2. The smallest absolute Gasteiger partial charge is 0.314 e. The molecule has 2 saturated heterocycles. The Morgan fingerprint density at radius 3 is 2.33 bits per heavy atom. The van der Waals surface area contributed by atoms with E-state index in [0.717, 1.165) is 0 Å². The molecule has 0 bridgehead atoms. The van der Waals surface area contributed by atoms with Gasteiger partial charge in [0.25, 0.3) is 0 Å². The van der Waals surface area contributed by atoms with Gasteiger partial charge >= 0.3 is 12.1 Å². The van der Waals surface area contributed by atoms with Crippen LogP contribution in [0.3, 0.4) is 0 Å². The van der Waals surface area contributed by atoms with Crippen LogP contribution in [0, 0.1) is 0 Å². The number of fused-ring (bicyclic) bond motifs is 1. The molecule has 1 N–H and O–H groups in total. The Labute approximate surface area is 88.8 Å². The van der Waals surface area contributed by atoms with Gasteiger partial charge in [-0.05, 0) is 13.8 Å². The van der Waals surface area contributed by atoms with Gasteiger partial charge in [-0.15, -0.1) is 0 Å². The topological polar surface area (TPSA) is 55.9 Å². The van der Waals surface area contributed by atoms with Crippen molar-refractivity contribution in [1.82, 2.24) is 20.0 Å². The van der Waals surface area contributed by atoms with Crippen LogP contribution in [-0.4, -0.2) is 59.2 Å². The number of hydrogen-bond donors (Lipinski definition) is 1. The van der Waals surface area contributed by atoms with E-state index < -0.39 is 0 Å². The number of amides is 4. The minimum Gasteiger partial charge on any atom is -0.314 e. The fraction of sp³-hybridized carbons (Fsp3) is 0.778. The fourth-order valence-corrected chi connectivity index (χ4v) is 2.30. The lowest BCUT2D eigenvalue weighted by Crippen LogP contribution is -2.44. The summed E-state index contributed by atoms with van der Waals surface area (Å²) in [6, 6.07) is -0.115. The van der Waals surface area contributed by atoms with Gasteiger partial charge in [0, 0.05) is 20.1 Å². The SMILES string of the molecule is CCN1C(=O)N(CC)[C@H]2[C@@H]1NC(=O)N2C. The monoisotopic (exact) mass is 212 g/mol. The van der Waals surface area contributed by atoms with Crippen LogP contribution in [0.1, 0.15) is 13.8 Å². The Bertz CT molecular complexity index is 306. The molecule has 15 heavy (non-hydrogen) atoms. The quantitative estimate of drug-likeness (QED) is 0.704. The molecule has 0 unspecified atom stereocenters. The fourth-order valence-electron chi connectivity index (χ4n) is 2.30. The molecule has 0 aliphatic carbocycles. The Kier molecular flexibility index (Phi) is 2.21. The summed E-state index contributed by atoms with van der Waals surface area (Å²) in [5.74, 6) is 0. The zero-order valence-electron chi connectivity index (χ0n) is 9.23. The Hall–Kier alpha value is -1.46. The maximum Gasteiger partial charge on any atom is 0.323 e. The van der Waals surface area contributed by atoms with Crippen molar-refractivity contribution in [3.8, 4) is 0 Å². The second-order valence-electron chi connectivity index (χ2n) is 3.77. The second kappa shape index (κ2) is 3.29. The van der Waals surface area contributed by atoms with Crippen molar-refractivity contribution in [2.75, 3.05) is 20.1 Å². The first kappa shape index (κ1) is 10.1. The molecule has 0 radical (unpaired) electrons. The normalized spacial score (nSPS) is 29.9. The first-order valence-corrected chi connectivity index (χ1v) is 5.22. The standard InChI is InChI=1S/C9H16N4O2/c1-4-12-6-7(11(3)8(14)10-6)13(5-2)9(12)15/h6-7H,4-5H2,1-3H3,(H,10,14)/t6-,7+/m1/s1. The van der Waals surface area contributed by atoms with Gasteiger partial charge in [-0.1, -0.05) is 0 Å². The van der Waals surface area contributed by atoms with Gasteiger partial charge in [-0.3, -0.25) is 0 Å². The Morgan fingerprint density at radius 1 is 1.20 bits per heavy atom. The van der Waals surface area contributed by atoms with Crippen molar-refractivity contribution in [3.05, 3.63) is 0 Å². The van der Waals surface area contributed by atoms with Gasteiger partial charge in [0.1, 0.15) is 12.3 Å². The molecule has 0 aromatic rings. The van der Waals surface area contributed by atoms with E-state index in [-0.39, 0.29) is 24.4 Å². The molecule has 0 aromatic carbocycles. The summed E-state index contributed by atoms with van der Waals surface area (Å²) in [6.07, 6.45) is -0.352. The molecule has 2 atom stereocenters. The third kappa shape index (κ3) is 1.17. The molecule has 2 rings (SSSR count). The zero-order valence-corrected chi connectivity index (χ0v) is 9.23. The number of rotatable bonds is 2. The number of likely N-dealkylation sites (N-methyl/N-ethyl adjacent to an activating group) is 3. The summed E-state index contributed by atoms with van der Waals surface area (Å²) in [4.78, 5) is 28.4. The highest BCUT2D eigenvalue weighted by atomic mass is 16.2. The number of urea groups is 2. The van der Waals surface area contributed by atoms with Gasteiger partial charge < -0.3 is 20.0 Å². The maximum absolute atomic E-state index is 11.9. The summed E-state index contributed by atoms with van der Waals surface area (Å²) >= 11 is 0. The molecule has 2 aliphatic rings. The second-order valence-corrected chi connectivity index (χ2v) is 3.77. The van der Waals surface area contributed by atoms with Crippen LogP contribution in [-0.2, 0) is 0 Å². The predicted molar refractivity (Wildman–Crippen MR) is 54.0 cm³/mol. The molecule has 0 saturated carbocycles. The molecule has 84 valence electrons. The summed E-state index contributed by atoms with van der Waals surface area (Å²) in [7, 11) is 1.72. The third-order valence-corrected chi connectivity index (χ3v) is 3.10. The molecule has 6 heteroatoms. The summed E-state index contributed by atoms with van der Waals surface area (Å²) in [5, 5.41) is 2.81. The highest BCUT2D eigenvalue weighted by molar-refractivity contribution is 5.84. The van der Waals surface area contributed by atoms with Crippen molar-refractivity contribution in [3.63, 3.8) is 0 Å². The molecule has 6 nitrogen and oxygen atoms in total. The average Bonchev–Trinajstić information content (AvgIpc) is 2.63. The lowest BCUT2D eigenvalue weighted by atomic mass is 10.3. The Balaban J connectivity index is 2.31. The number of nitrogens with one attached hydrogen (secondary N) is 1. The van der Waals surface area contributed by atoms with Crippen molar-refractivity contribution in [1.29, 1.82) is 0 Å². The lowest BCUT2D eigenvalue weighted by molar-refractivity contribution is 0.149. The van der Waals surface area contributed by atoms with Crippen molar-refractivity contribution in [2.24, 2.45) is 0 Å². The van der Waals surface area contributed by atoms with E-state index >= 15 is 0 Å². The lowest BCUT2D eigenvalue weighted by Gasteiger charge is -2.25. The van der Waals surface area contributed by atoms with Crippen LogP contribution in [0.15, 0.2) is 0 Å². The van der Waals surface area contributed by atoms with E-state index in [4.69, 9.17) is 0 Å². The van der Waals surface area contributed by atoms with Gasteiger partial charge in [0.2, 0.25) is 0 Å². The van der Waals surface area contributed by atoms with Crippen molar-refractivity contribution >= 4 is 12.1 Å². The average molecular weight is 212 g/mol. The van der Waals surface area contributed by atoms with Crippen LogP contribution in [0.25, 0.3) is 0 Å². The highest BCUT2D eigenvalue weighted by Gasteiger charge is 2.52. The van der Waals surface area contributed by atoms with Crippen LogP contribution in [0.4, 0.5) is 9.59 Å². The molecular formula is C9H16N4O2. The number of carbonyl (C=O) groups is 2. The largest absolute Gasteiger partial charge is 0.323 e. The predicted octanol–water partition coefficient (Wildman–Crippen LogP) is 0.0710. The van der Waals surface area contributed by atoms with Crippen LogP contribution in [0.2, 0.25) is 0 Å². The molecule has 2 fully saturated rings. The van der Waals surface area contributed by atoms with Crippen LogP contribution >= 0.6 is 0 Å². The van der Waals surface area contributed by atoms with E-state index in [1.165, 1.54) is 0 Å². The number of carbonyl (C=O) groups excluding carboxylic acids is 2. The minimum absolute atomic E-state index is 0.00171. The summed E-state index contributed by atoms with van der Waals surface area (Å²) < 4.78 is 0. The van der Waals surface area contributed by atoms with E-state index in [1.54, 1.807) is 21.7 Å². The number of nitrogens with zero attached hydrogens (tertiary/aromatic N) is 3. The minimum atomic E-state index is -0.194. The van der Waals surface area contributed by atoms with Crippen LogP contribution in [0.5, 0.6) is 0 Å². The molecule has 0 spiro atoms. The Morgan fingerprint density at radius 2 is 1.80 bits per heavy atom. The van der Waals surface area contributed by atoms with E-state index in [2.05, 4.69) is 5.32 Å². The summed E-state index contributed by atoms with van der Waals surface area (Å²) in [6.45, 7) is 5.07. The zero-order chi connectivity index (χ0) is 11.2. The highest BCUT2D eigenvalue weighted by Crippen LogP contribution is 2.27.